The van der Waals surface area contributed by atoms with Crippen molar-refractivity contribution in [3.05, 3.63) is 86.0 Å². The molecule has 2 heterocycles. The minimum absolute atomic E-state index is 0.00296. The number of hydrogen-bond acceptors (Lipinski definition) is 5. The lowest BCUT2D eigenvalue weighted by molar-refractivity contribution is -0.384. The largest absolute Gasteiger partial charge is 0.288 e. The van der Waals surface area contributed by atoms with Crippen molar-refractivity contribution in [3.8, 4) is 27.6 Å². The Hall–Kier alpha value is -3.52. The number of nitrogens with zero attached hydrogens (tertiary/aromatic N) is 3. The maximum atomic E-state index is 12.4. The fraction of sp³-hybridized carbons (Fsp3) is 0.0526. The van der Waals surface area contributed by atoms with Gasteiger partial charge in [0.1, 0.15) is 0 Å². The molecule has 0 unspecified atom stereocenters. The Bertz CT molecular complexity index is 1170. The Morgan fingerprint density at radius 2 is 1.74 bits per heavy atom. The van der Waals surface area contributed by atoms with Gasteiger partial charge in [-0.25, -0.2) is 4.98 Å². The number of aromatic amines is 1. The average molecular weight is 378 g/mol. The first-order valence-corrected chi connectivity index (χ1v) is 8.99. The van der Waals surface area contributed by atoms with Crippen LogP contribution >= 0.6 is 11.3 Å². The summed E-state index contributed by atoms with van der Waals surface area (Å²) in [7, 11) is 0. The van der Waals surface area contributed by atoms with Crippen LogP contribution in [0.4, 0.5) is 5.69 Å². The summed E-state index contributed by atoms with van der Waals surface area (Å²) in [6.07, 6.45) is 0. The third kappa shape index (κ3) is 3.30. The summed E-state index contributed by atoms with van der Waals surface area (Å²) in [6, 6.07) is 15.5. The van der Waals surface area contributed by atoms with Crippen molar-refractivity contribution in [2.75, 3.05) is 0 Å². The summed E-state index contributed by atoms with van der Waals surface area (Å²) in [4.78, 5) is 27.2. The van der Waals surface area contributed by atoms with E-state index in [4.69, 9.17) is 0 Å². The zero-order valence-corrected chi connectivity index (χ0v) is 15.1. The molecule has 8 heteroatoms. The van der Waals surface area contributed by atoms with Crippen molar-refractivity contribution in [2.45, 2.75) is 6.92 Å². The van der Waals surface area contributed by atoms with Crippen LogP contribution in [0.1, 0.15) is 5.56 Å². The molecule has 0 aliphatic heterocycles. The lowest BCUT2D eigenvalue weighted by Crippen LogP contribution is -2.12. The highest BCUT2D eigenvalue weighted by atomic mass is 32.1. The van der Waals surface area contributed by atoms with Gasteiger partial charge in [0.25, 0.3) is 11.2 Å². The van der Waals surface area contributed by atoms with Crippen molar-refractivity contribution < 1.29 is 4.92 Å². The number of non-ortho nitro benzene ring substituents is 1. The SMILES string of the molecule is Cc1ccc(-c2csc(-n3[nH]c(-c4ccc([N+](=O)[O-])cc4)cc3=O)n2)cc1. The van der Waals surface area contributed by atoms with Crippen LogP contribution in [0.5, 0.6) is 0 Å². The molecule has 0 atom stereocenters. The predicted octanol–water partition coefficient (Wildman–Crippen LogP) is 4.17. The number of rotatable bonds is 4. The van der Waals surface area contributed by atoms with E-state index in [0.29, 0.717) is 16.4 Å². The fourth-order valence-electron chi connectivity index (χ4n) is 2.67. The summed E-state index contributed by atoms with van der Waals surface area (Å²) < 4.78 is 1.37. The number of H-pyrrole nitrogens is 1. The van der Waals surface area contributed by atoms with Crippen LogP contribution in [0.15, 0.2) is 64.8 Å². The number of hydrogen-bond donors (Lipinski definition) is 1. The van der Waals surface area contributed by atoms with Crippen molar-refractivity contribution in [2.24, 2.45) is 0 Å². The minimum atomic E-state index is -0.458. The third-order valence-electron chi connectivity index (χ3n) is 4.14. The Labute approximate surface area is 157 Å². The molecule has 2 aromatic heterocycles. The fourth-order valence-corrected chi connectivity index (χ4v) is 3.47. The summed E-state index contributed by atoms with van der Waals surface area (Å²) in [5.41, 5.74) is 3.97. The van der Waals surface area contributed by atoms with E-state index in [1.54, 1.807) is 12.1 Å². The molecule has 1 N–H and O–H groups in total. The van der Waals surface area contributed by atoms with Crippen molar-refractivity contribution >= 4 is 17.0 Å². The van der Waals surface area contributed by atoms with E-state index in [1.165, 1.54) is 39.8 Å². The molecule has 4 rings (SSSR count). The topological polar surface area (TPSA) is 93.8 Å². The Morgan fingerprint density at radius 3 is 2.41 bits per heavy atom. The highest BCUT2D eigenvalue weighted by Gasteiger charge is 2.12. The van der Waals surface area contributed by atoms with Gasteiger partial charge in [-0.15, -0.1) is 11.3 Å². The van der Waals surface area contributed by atoms with Crippen LogP contribution in [0.25, 0.3) is 27.6 Å². The molecule has 2 aromatic carbocycles. The molecule has 0 saturated heterocycles. The van der Waals surface area contributed by atoms with Crippen LogP contribution in [-0.4, -0.2) is 19.7 Å². The molecule has 7 nitrogen and oxygen atoms in total. The standard InChI is InChI=1S/C19H14N4O3S/c1-12-2-4-14(5-3-12)17-11-27-19(20-17)22-18(24)10-16(21-22)13-6-8-15(9-7-13)23(25)26/h2-11,21H,1H3. The first-order chi connectivity index (χ1) is 13.0. The predicted molar refractivity (Wildman–Crippen MR) is 104 cm³/mol. The number of thiazole rings is 1. The summed E-state index contributed by atoms with van der Waals surface area (Å²) in [5.74, 6) is 0. The monoisotopic (exact) mass is 378 g/mol. The molecule has 0 aliphatic rings. The second-order valence-electron chi connectivity index (χ2n) is 6.03. The molecule has 0 bridgehead atoms. The number of benzene rings is 2. The lowest BCUT2D eigenvalue weighted by atomic mass is 10.1. The van der Waals surface area contributed by atoms with Crippen LogP contribution in [0, 0.1) is 17.0 Å². The van der Waals surface area contributed by atoms with E-state index >= 15 is 0 Å². The Kier molecular flexibility index (Phi) is 4.17. The number of nitro groups is 1. The second-order valence-corrected chi connectivity index (χ2v) is 6.87. The van der Waals surface area contributed by atoms with E-state index in [1.807, 2.05) is 36.6 Å². The molecule has 4 aromatic rings. The molecule has 0 fully saturated rings. The van der Waals surface area contributed by atoms with Crippen molar-refractivity contribution in [1.82, 2.24) is 14.8 Å². The van der Waals surface area contributed by atoms with Crippen LogP contribution < -0.4 is 5.56 Å². The maximum absolute atomic E-state index is 12.4. The van der Waals surface area contributed by atoms with E-state index in [9.17, 15) is 14.9 Å². The minimum Gasteiger partial charge on any atom is -0.288 e. The van der Waals surface area contributed by atoms with Gasteiger partial charge in [-0.2, -0.15) is 4.68 Å². The van der Waals surface area contributed by atoms with Gasteiger partial charge in [-0.05, 0) is 19.1 Å². The number of aromatic nitrogens is 3. The molecule has 27 heavy (non-hydrogen) atoms. The van der Waals surface area contributed by atoms with Gasteiger partial charge in [-0.1, -0.05) is 29.8 Å². The second kappa shape index (κ2) is 6.65. The van der Waals surface area contributed by atoms with Gasteiger partial charge in [0.2, 0.25) is 5.13 Å². The average Bonchev–Trinajstić information content (AvgIpc) is 3.29. The summed E-state index contributed by atoms with van der Waals surface area (Å²) >= 11 is 1.36. The molecule has 134 valence electrons. The van der Waals surface area contributed by atoms with Crippen LogP contribution in [0.2, 0.25) is 0 Å². The van der Waals surface area contributed by atoms with Gasteiger partial charge >= 0.3 is 0 Å². The Morgan fingerprint density at radius 1 is 1.07 bits per heavy atom. The molecule has 0 amide bonds. The van der Waals surface area contributed by atoms with Gasteiger partial charge in [0.05, 0.1) is 16.3 Å². The zero-order chi connectivity index (χ0) is 19.0. The summed E-state index contributed by atoms with van der Waals surface area (Å²) in [5, 5.41) is 16.2. The zero-order valence-electron chi connectivity index (χ0n) is 14.2. The molecule has 0 aliphatic carbocycles. The van der Waals surface area contributed by atoms with Crippen molar-refractivity contribution in [3.63, 3.8) is 0 Å². The highest BCUT2D eigenvalue weighted by molar-refractivity contribution is 7.12. The maximum Gasteiger partial charge on any atom is 0.273 e. The van der Waals surface area contributed by atoms with Crippen LogP contribution in [-0.2, 0) is 0 Å². The first-order valence-electron chi connectivity index (χ1n) is 8.11. The smallest absolute Gasteiger partial charge is 0.273 e. The number of nitrogens with one attached hydrogen (secondary N) is 1. The molecular weight excluding hydrogens is 364 g/mol. The van der Waals surface area contributed by atoms with Gasteiger partial charge < -0.3 is 0 Å². The van der Waals surface area contributed by atoms with Gasteiger partial charge in [-0.3, -0.25) is 20.0 Å². The van der Waals surface area contributed by atoms with E-state index in [0.717, 1.165) is 11.3 Å². The number of aryl methyl sites for hydroxylation is 1. The van der Waals surface area contributed by atoms with E-state index in [-0.39, 0.29) is 11.2 Å². The molecular formula is C19H14N4O3S. The molecule has 0 saturated carbocycles. The van der Waals surface area contributed by atoms with E-state index in [2.05, 4.69) is 10.1 Å². The summed E-state index contributed by atoms with van der Waals surface area (Å²) in [6.45, 7) is 2.02. The molecule has 0 spiro atoms. The number of nitro benzene ring substituents is 1. The molecule has 0 radical (unpaired) electrons. The van der Waals surface area contributed by atoms with Gasteiger partial charge in [0, 0.05) is 34.7 Å². The van der Waals surface area contributed by atoms with Gasteiger partial charge in [0.15, 0.2) is 0 Å². The highest BCUT2D eigenvalue weighted by Crippen LogP contribution is 2.25. The lowest BCUT2D eigenvalue weighted by Gasteiger charge is -1.99. The third-order valence-corrected chi connectivity index (χ3v) is 4.97. The quantitative estimate of drug-likeness (QED) is 0.426. The Balaban J connectivity index is 1.67. The van der Waals surface area contributed by atoms with E-state index < -0.39 is 4.92 Å². The van der Waals surface area contributed by atoms with Crippen LogP contribution in [0.3, 0.4) is 0 Å². The van der Waals surface area contributed by atoms with Crippen molar-refractivity contribution in [1.29, 1.82) is 0 Å². The first kappa shape index (κ1) is 16.9. The normalized spacial score (nSPS) is 10.9.